The van der Waals surface area contributed by atoms with Crippen molar-refractivity contribution in [3.05, 3.63) is 71.6 Å². The number of hydrogen-bond donors (Lipinski definition) is 1. The number of amides is 1. The van der Waals surface area contributed by atoms with Crippen LogP contribution < -0.4 is 23.8 Å². The number of carbonyl (C=O) groups is 1. The Morgan fingerprint density at radius 2 is 1.57 bits per heavy atom. The number of para-hydroxylation sites is 2. The maximum atomic E-state index is 13.3. The molecule has 0 aliphatic rings. The summed E-state index contributed by atoms with van der Waals surface area (Å²) in [5.74, 6) is 1.04. The number of thiophene rings is 1. The number of nitrogens with zero attached hydrogens (tertiary/aromatic N) is 1. The van der Waals surface area contributed by atoms with Gasteiger partial charge in [-0.3, -0.25) is 9.10 Å². The van der Waals surface area contributed by atoms with Crippen LogP contribution in [0.1, 0.15) is 9.67 Å². The number of benzene rings is 3. The lowest BCUT2D eigenvalue weighted by atomic mass is 10.2. The Labute approximate surface area is 207 Å². The Morgan fingerprint density at radius 3 is 2.29 bits per heavy atom. The van der Waals surface area contributed by atoms with Crippen molar-refractivity contribution in [3.8, 4) is 17.2 Å². The first-order chi connectivity index (χ1) is 16.8. The molecule has 10 heteroatoms. The smallest absolute Gasteiger partial charge is 0.265 e. The van der Waals surface area contributed by atoms with E-state index in [-0.39, 0.29) is 10.8 Å². The van der Waals surface area contributed by atoms with Gasteiger partial charge in [0.15, 0.2) is 11.5 Å². The quantitative estimate of drug-likeness (QED) is 0.357. The average molecular weight is 513 g/mol. The van der Waals surface area contributed by atoms with Crippen molar-refractivity contribution >= 4 is 48.7 Å². The summed E-state index contributed by atoms with van der Waals surface area (Å²) in [6, 6.07) is 18.6. The number of hydrogen-bond acceptors (Lipinski definition) is 7. The van der Waals surface area contributed by atoms with Gasteiger partial charge in [-0.1, -0.05) is 12.1 Å². The number of fused-ring (bicyclic) bond motifs is 1. The lowest BCUT2D eigenvalue weighted by molar-refractivity contribution is 0.103. The Kier molecular flexibility index (Phi) is 6.86. The molecule has 4 rings (SSSR count). The summed E-state index contributed by atoms with van der Waals surface area (Å²) >= 11 is 1.32. The zero-order valence-corrected chi connectivity index (χ0v) is 21.2. The van der Waals surface area contributed by atoms with Gasteiger partial charge in [0.05, 0.1) is 42.5 Å². The number of methoxy groups -OCH3 is 3. The normalized spacial score (nSPS) is 11.2. The second-order valence-corrected chi connectivity index (χ2v) is 10.5. The lowest BCUT2D eigenvalue weighted by Gasteiger charge is -2.20. The summed E-state index contributed by atoms with van der Waals surface area (Å²) in [7, 11) is 2.09. The SMILES string of the molecule is COc1ccccc1NC(=O)c1cc2cc(N(C)S(=O)(=O)c3ccc(OC)c(OC)c3)ccc2s1. The number of carbonyl (C=O) groups excluding carboxylic acids is 1. The van der Waals surface area contributed by atoms with E-state index in [0.717, 1.165) is 10.1 Å². The van der Waals surface area contributed by atoms with E-state index < -0.39 is 10.0 Å². The second-order valence-electron chi connectivity index (χ2n) is 7.48. The number of nitrogens with one attached hydrogen (secondary N) is 1. The van der Waals surface area contributed by atoms with Gasteiger partial charge in [0.1, 0.15) is 5.75 Å². The summed E-state index contributed by atoms with van der Waals surface area (Å²) in [6.45, 7) is 0. The monoisotopic (exact) mass is 512 g/mol. The fraction of sp³-hybridized carbons (Fsp3) is 0.160. The highest BCUT2D eigenvalue weighted by Gasteiger charge is 2.24. The molecule has 3 aromatic carbocycles. The van der Waals surface area contributed by atoms with Crippen LogP contribution in [0, 0.1) is 0 Å². The average Bonchev–Trinajstić information content (AvgIpc) is 3.31. The molecule has 0 atom stereocenters. The van der Waals surface area contributed by atoms with Crippen molar-refractivity contribution in [2.75, 3.05) is 38.0 Å². The van der Waals surface area contributed by atoms with Crippen LogP contribution in [0.3, 0.4) is 0 Å². The van der Waals surface area contributed by atoms with E-state index in [1.54, 1.807) is 49.6 Å². The van der Waals surface area contributed by atoms with Crippen LogP contribution in [0.2, 0.25) is 0 Å². The van der Waals surface area contributed by atoms with E-state index in [1.807, 2.05) is 12.1 Å². The minimum Gasteiger partial charge on any atom is -0.495 e. The van der Waals surface area contributed by atoms with Gasteiger partial charge in [-0.2, -0.15) is 0 Å². The molecule has 8 nitrogen and oxygen atoms in total. The highest BCUT2D eigenvalue weighted by Crippen LogP contribution is 2.34. The molecule has 1 amide bonds. The van der Waals surface area contributed by atoms with Crippen LogP contribution in [0.15, 0.2) is 71.6 Å². The molecular formula is C25H24N2O6S2. The Hall–Kier alpha value is -3.76. The van der Waals surface area contributed by atoms with Crippen LogP contribution in [0.5, 0.6) is 17.2 Å². The number of sulfonamides is 1. The van der Waals surface area contributed by atoms with Crippen molar-refractivity contribution in [2.24, 2.45) is 0 Å². The summed E-state index contributed by atoms with van der Waals surface area (Å²) in [4.78, 5) is 13.4. The molecule has 0 bridgehead atoms. The zero-order valence-electron chi connectivity index (χ0n) is 19.6. The predicted molar refractivity (Wildman–Crippen MR) is 138 cm³/mol. The highest BCUT2D eigenvalue weighted by atomic mass is 32.2. The Balaban J connectivity index is 1.62. The van der Waals surface area contributed by atoms with Gasteiger partial charge >= 0.3 is 0 Å². The van der Waals surface area contributed by atoms with Gasteiger partial charge in [-0.15, -0.1) is 11.3 Å². The van der Waals surface area contributed by atoms with Crippen molar-refractivity contribution in [3.63, 3.8) is 0 Å². The van der Waals surface area contributed by atoms with Gasteiger partial charge in [0.25, 0.3) is 15.9 Å². The molecule has 35 heavy (non-hydrogen) atoms. The molecule has 1 heterocycles. The van der Waals surface area contributed by atoms with E-state index in [0.29, 0.717) is 33.5 Å². The molecule has 0 saturated heterocycles. The molecule has 0 fully saturated rings. The largest absolute Gasteiger partial charge is 0.495 e. The van der Waals surface area contributed by atoms with Gasteiger partial charge in [-0.05, 0) is 53.9 Å². The molecule has 0 aliphatic heterocycles. The first kappa shape index (κ1) is 24.4. The van der Waals surface area contributed by atoms with Crippen LogP contribution >= 0.6 is 11.3 Å². The van der Waals surface area contributed by atoms with Crippen molar-refractivity contribution in [1.29, 1.82) is 0 Å². The zero-order chi connectivity index (χ0) is 25.2. The molecular weight excluding hydrogens is 488 g/mol. The van der Waals surface area contributed by atoms with E-state index in [1.165, 1.54) is 49.0 Å². The summed E-state index contributed by atoms with van der Waals surface area (Å²) in [6.07, 6.45) is 0. The van der Waals surface area contributed by atoms with E-state index in [9.17, 15) is 13.2 Å². The molecule has 182 valence electrons. The molecule has 1 aromatic heterocycles. The fourth-order valence-electron chi connectivity index (χ4n) is 3.54. The number of ether oxygens (including phenoxy) is 3. The van der Waals surface area contributed by atoms with E-state index in [2.05, 4.69) is 5.32 Å². The predicted octanol–water partition coefficient (Wildman–Crippen LogP) is 5.00. The summed E-state index contributed by atoms with van der Waals surface area (Å²) in [5.41, 5.74) is 1.03. The Bertz CT molecular complexity index is 1500. The highest BCUT2D eigenvalue weighted by molar-refractivity contribution is 7.92. The van der Waals surface area contributed by atoms with Gasteiger partial charge < -0.3 is 19.5 Å². The van der Waals surface area contributed by atoms with Crippen LogP contribution in [0.25, 0.3) is 10.1 Å². The molecule has 0 saturated carbocycles. The molecule has 4 aromatic rings. The minimum absolute atomic E-state index is 0.0694. The topological polar surface area (TPSA) is 94.2 Å². The van der Waals surface area contributed by atoms with Crippen molar-refractivity contribution < 1.29 is 27.4 Å². The number of rotatable bonds is 8. The molecule has 0 radical (unpaired) electrons. The third-order valence-electron chi connectivity index (χ3n) is 5.46. The number of anilines is 2. The molecule has 0 aliphatic carbocycles. The third kappa shape index (κ3) is 4.75. The lowest BCUT2D eigenvalue weighted by Crippen LogP contribution is -2.26. The first-order valence-corrected chi connectivity index (χ1v) is 12.7. The van der Waals surface area contributed by atoms with Crippen molar-refractivity contribution in [1.82, 2.24) is 0 Å². The van der Waals surface area contributed by atoms with Gasteiger partial charge in [0, 0.05) is 17.8 Å². The first-order valence-electron chi connectivity index (χ1n) is 10.5. The van der Waals surface area contributed by atoms with Crippen LogP contribution in [-0.2, 0) is 10.0 Å². The third-order valence-corrected chi connectivity index (χ3v) is 8.35. The summed E-state index contributed by atoms with van der Waals surface area (Å²) in [5, 5.41) is 3.62. The van der Waals surface area contributed by atoms with Crippen molar-refractivity contribution in [2.45, 2.75) is 4.90 Å². The Morgan fingerprint density at radius 1 is 0.857 bits per heavy atom. The standard InChI is InChI=1S/C25H24N2O6S2/c1-27(35(29,30)18-10-11-21(32-3)22(15-18)33-4)17-9-12-23-16(13-17)14-24(34-23)25(28)26-19-7-5-6-8-20(19)31-2/h5-15H,1-4H3,(H,26,28). The van der Waals surface area contributed by atoms with E-state index in [4.69, 9.17) is 14.2 Å². The van der Waals surface area contributed by atoms with Crippen LogP contribution in [0.4, 0.5) is 11.4 Å². The maximum absolute atomic E-state index is 13.3. The maximum Gasteiger partial charge on any atom is 0.265 e. The molecule has 0 spiro atoms. The molecule has 1 N–H and O–H groups in total. The van der Waals surface area contributed by atoms with Crippen LogP contribution in [-0.4, -0.2) is 42.7 Å². The fourth-order valence-corrected chi connectivity index (χ4v) is 5.69. The summed E-state index contributed by atoms with van der Waals surface area (Å²) < 4.78 is 44.3. The van der Waals surface area contributed by atoms with Gasteiger partial charge in [0.2, 0.25) is 0 Å². The minimum atomic E-state index is -3.87. The van der Waals surface area contributed by atoms with Gasteiger partial charge in [-0.25, -0.2) is 8.42 Å². The second kappa shape index (κ2) is 9.85. The molecule has 0 unspecified atom stereocenters. The van der Waals surface area contributed by atoms with E-state index >= 15 is 0 Å².